The second-order valence-corrected chi connectivity index (χ2v) is 2.01. The van der Waals surface area contributed by atoms with Crippen LogP contribution in [-0.2, 0) is 0 Å². The summed E-state index contributed by atoms with van der Waals surface area (Å²) in [5.74, 6) is -2.82. The minimum atomic E-state index is -5.41. The highest BCUT2D eigenvalue weighted by Gasteiger charge is 2.38. The van der Waals surface area contributed by atoms with Crippen LogP contribution in [0.1, 0.15) is 0 Å². The lowest BCUT2D eigenvalue weighted by molar-refractivity contribution is -0.110. The zero-order chi connectivity index (χ0) is 10.9. The van der Waals surface area contributed by atoms with Gasteiger partial charge in [-0.2, -0.15) is 26.3 Å². The molecule has 0 aromatic heterocycles. The Hall–Kier alpha value is -1.01. The van der Waals surface area contributed by atoms with Gasteiger partial charge >= 0.3 is 12.4 Å². The first-order chi connectivity index (χ1) is 5.55. The molecule has 0 aromatic carbocycles. The predicted octanol–water partition coefficient (Wildman–Crippen LogP) is 3.52. The molecule has 0 unspecified atom stereocenters. The predicted molar refractivity (Wildman–Crippen MR) is 30.4 cm³/mol. The maximum atomic E-state index is 11.9. The molecule has 13 heavy (non-hydrogen) atoms. The van der Waals surface area contributed by atoms with E-state index < -0.39 is 29.8 Å². The molecule has 0 saturated carbocycles. The van der Waals surface area contributed by atoms with Crippen LogP contribution in [0.3, 0.4) is 0 Å². The number of halogens is 7. The lowest BCUT2D eigenvalue weighted by atomic mass is 10.2. The molecule has 0 spiro atoms. The van der Waals surface area contributed by atoms with Crippen molar-refractivity contribution >= 4 is 0 Å². The van der Waals surface area contributed by atoms with Crippen molar-refractivity contribution < 1.29 is 30.7 Å². The van der Waals surface area contributed by atoms with Gasteiger partial charge in [0.2, 0.25) is 5.83 Å². The van der Waals surface area contributed by atoms with Crippen molar-refractivity contribution in [1.29, 1.82) is 0 Å². The molecular formula is C6H3F7. The Bertz CT molecular complexity index is 228. The van der Waals surface area contributed by atoms with E-state index in [4.69, 9.17) is 0 Å². The van der Waals surface area contributed by atoms with E-state index in [0.29, 0.717) is 0 Å². The summed E-state index contributed by atoms with van der Waals surface area (Å²) >= 11 is 0. The molecule has 0 bridgehead atoms. The summed E-state index contributed by atoms with van der Waals surface area (Å²) in [4.78, 5) is 0. The van der Waals surface area contributed by atoms with E-state index >= 15 is 0 Å². The smallest absolute Gasteiger partial charge is 0.202 e. The van der Waals surface area contributed by atoms with E-state index in [1.165, 1.54) is 0 Å². The minimum Gasteiger partial charge on any atom is -0.202 e. The monoisotopic (exact) mass is 208 g/mol. The molecule has 0 aliphatic carbocycles. The molecule has 0 fully saturated rings. The summed E-state index contributed by atoms with van der Waals surface area (Å²) in [7, 11) is 0. The Labute approximate surface area is 68.3 Å². The molecule has 0 N–H and O–H groups in total. The van der Waals surface area contributed by atoms with Gasteiger partial charge in [-0.15, -0.1) is 0 Å². The zero-order valence-corrected chi connectivity index (χ0v) is 5.93. The number of allylic oxidation sites excluding steroid dienone is 3. The van der Waals surface area contributed by atoms with Crippen molar-refractivity contribution in [3.63, 3.8) is 0 Å². The number of alkyl halides is 6. The fourth-order valence-corrected chi connectivity index (χ4v) is 0.317. The average molecular weight is 208 g/mol. The summed E-state index contributed by atoms with van der Waals surface area (Å²) < 4.78 is 80.5. The second kappa shape index (κ2) is 3.39. The van der Waals surface area contributed by atoms with E-state index in [9.17, 15) is 30.7 Å². The van der Waals surface area contributed by atoms with Gasteiger partial charge in [0.05, 0.1) is 5.57 Å². The molecule has 0 atom stereocenters. The highest BCUT2D eigenvalue weighted by Crippen LogP contribution is 2.31. The molecular weight excluding hydrogens is 205 g/mol. The van der Waals surface area contributed by atoms with Gasteiger partial charge < -0.3 is 0 Å². The van der Waals surface area contributed by atoms with Crippen LogP contribution >= 0.6 is 0 Å². The third-order valence-electron chi connectivity index (χ3n) is 0.936. The number of hydrogen-bond acceptors (Lipinski definition) is 0. The Morgan fingerprint density at radius 2 is 1.31 bits per heavy atom. The van der Waals surface area contributed by atoms with Crippen molar-refractivity contribution in [2.75, 3.05) is 0 Å². The second-order valence-electron chi connectivity index (χ2n) is 2.01. The fraction of sp³-hybridized carbons (Fsp3) is 0.333. The van der Waals surface area contributed by atoms with E-state index in [-0.39, 0.29) is 0 Å². The molecule has 0 rings (SSSR count). The third kappa shape index (κ3) is 3.95. The van der Waals surface area contributed by atoms with E-state index in [1.54, 1.807) is 0 Å². The van der Waals surface area contributed by atoms with Crippen molar-refractivity contribution in [2.45, 2.75) is 12.4 Å². The van der Waals surface area contributed by atoms with Crippen LogP contribution in [0.25, 0.3) is 0 Å². The molecule has 76 valence electrons. The van der Waals surface area contributed by atoms with Gasteiger partial charge in [0.25, 0.3) is 0 Å². The first-order valence-corrected chi connectivity index (χ1v) is 2.75. The van der Waals surface area contributed by atoms with Crippen LogP contribution in [0.4, 0.5) is 30.7 Å². The third-order valence-corrected chi connectivity index (χ3v) is 0.936. The highest BCUT2D eigenvalue weighted by atomic mass is 19.4. The first-order valence-electron chi connectivity index (χ1n) is 2.75. The van der Waals surface area contributed by atoms with Gasteiger partial charge in [0.1, 0.15) is 0 Å². The summed E-state index contributed by atoms with van der Waals surface area (Å²) in [6, 6.07) is 0. The van der Waals surface area contributed by atoms with Crippen molar-refractivity contribution in [2.24, 2.45) is 0 Å². The fourth-order valence-electron chi connectivity index (χ4n) is 0.317. The molecule has 0 heterocycles. The van der Waals surface area contributed by atoms with Crippen LogP contribution < -0.4 is 0 Å². The quantitative estimate of drug-likeness (QED) is 0.456. The van der Waals surface area contributed by atoms with Gasteiger partial charge in [0, 0.05) is 0 Å². The summed E-state index contributed by atoms with van der Waals surface area (Å²) in [5.41, 5.74) is -1.89. The van der Waals surface area contributed by atoms with Crippen LogP contribution in [0.2, 0.25) is 0 Å². The summed E-state index contributed by atoms with van der Waals surface area (Å²) in [6.45, 7) is 2.24. The molecule has 7 heteroatoms. The molecule has 0 aliphatic heterocycles. The number of rotatable bonds is 1. The van der Waals surface area contributed by atoms with Gasteiger partial charge in [-0.3, -0.25) is 0 Å². The van der Waals surface area contributed by atoms with Crippen molar-refractivity contribution in [3.8, 4) is 0 Å². The molecule has 0 nitrogen and oxygen atoms in total. The average Bonchev–Trinajstić information content (AvgIpc) is 1.82. The van der Waals surface area contributed by atoms with E-state index in [2.05, 4.69) is 6.58 Å². The van der Waals surface area contributed by atoms with Crippen LogP contribution in [0.5, 0.6) is 0 Å². The molecule has 0 amide bonds. The highest BCUT2D eigenvalue weighted by molar-refractivity contribution is 5.23. The Balaban J connectivity index is 4.70. The topological polar surface area (TPSA) is 0 Å². The molecule has 0 radical (unpaired) electrons. The summed E-state index contributed by atoms with van der Waals surface area (Å²) in [6.07, 6.45) is -11.2. The lowest BCUT2D eigenvalue weighted by Gasteiger charge is -2.07. The van der Waals surface area contributed by atoms with Gasteiger partial charge in [-0.1, -0.05) is 6.58 Å². The lowest BCUT2D eigenvalue weighted by Crippen LogP contribution is -2.13. The Morgan fingerprint density at radius 1 is 0.923 bits per heavy atom. The number of hydrogen-bond donors (Lipinski definition) is 0. The molecule has 0 saturated heterocycles. The van der Waals surface area contributed by atoms with Gasteiger partial charge in [-0.05, 0) is 6.08 Å². The van der Waals surface area contributed by atoms with Crippen molar-refractivity contribution in [3.05, 3.63) is 24.1 Å². The van der Waals surface area contributed by atoms with E-state index in [1.807, 2.05) is 0 Å². The molecule has 0 aromatic rings. The normalized spacial score (nSPS) is 14.5. The van der Waals surface area contributed by atoms with Gasteiger partial charge in [0.15, 0.2) is 0 Å². The van der Waals surface area contributed by atoms with Crippen LogP contribution in [0, 0.1) is 0 Å². The maximum Gasteiger partial charge on any atom is 0.442 e. The summed E-state index contributed by atoms with van der Waals surface area (Å²) in [5, 5.41) is 0. The minimum absolute atomic E-state index is 0.694. The standard InChI is InChI=1S/C6H3F7/c1-3(5(8,9)10)2-4(7)6(11,12)13/h2H,1H2. The SMILES string of the molecule is C=C(C=C(F)C(F)(F)F)C(F)(F)F. The van der Waals surface area contributed by atoms with E-state index in [0.717, 1.165) is 0 Å². The first kappa shape index (κ1) is 12.0. The van der Waals surface area contributed by atoms with Gasteiger partial charge in [-0.25, -0.2) is 4.39 Å². The zero-order valence-electron chi connectivity index (χ0n) is 5.93. The van der Waals surface area contributed by atoms with Crippen LogP contribution in [0.15, 0.2) is 24.1 Å². The Morgan fingerprint density at radius 3 is 1.54 bits per heavy atom. The maximum absolute atomic E-state index is 11.9. The largest absolute Gasteiger partial charge is 0.442 e. The Kier molecular flexibility index (Phi) is 3.13. The molecule has 0 aliphatic rings. The van der Waals surface area contributed by atoms with Crippen LogP contribution in [-0.4, -0.2) is 12.4 Å². The van der Waals surface area contributed by atoms with Crippen molar-refractivity contribution in [1.82, 2.24) is 0 Å².